The molecule has 1 saturated heterocycles. The summed E-state index contributed by atoms with van der Waals surface area (Å²) in [4.78, 5) is 28.1. The number of pyridine rings is 1. The molecule has 31 heavy (non-hydrogen) atoms. The van der Waals surface area contributed by atoms with Crippen molar-refractivity contribution in [1.82, 2.24) is 15.0 Å². The summed E-state index contributed by atoms with van der Waals surface area (Å²) in [5.41, 5.74) is 0.923. The zero-order chi connectivity index (χ0) is 21.8. The Labute approximate surface area is 187 Å². The maximum atomic E-state index is 11.9. The van der Waals surface area contributed by atoms with Gasteiger partial charge in [0, 0.05) is 42.5 Å². The number of benzene rings is 1. The summed E-state index contributed by atoms with van der Waals surface area (Å²) >= 11 is 3.32. The quantitative estimate of drug-likeness (QED) is 0.413. The summed E-state index contributed by atoms with van der Waals surface area (Å²) < 4.78 is 6.02. The first kappa shape index (κ1) is 20.8. The van der Waals surface area contributed by atoms with Crippen LogP contribution in [0.3, 0.4) is 0 Å². The van der Waals surface area contributed by atoms with Crippen molar-refractivity contribution in [3.63, 3.8) is 0 Å². The average molecular weight is 486 g/mol. The molecule has 0 saturated carbocycles. The average Bonchev–Trinajstić information content (AvgIpc) is 2.80. The van der Waals surface area contributed by atoms with Crippen LogP contribution in [0, 0.1) is 10.1 Å². The van der Waals surface area contributed by atoms with Gasteiger partial charge in [-0.1, -0.05) is 0 Å². The zero-order valence-electron chi connectivity index (χ0n) is 16.7. The van der Waals surface area contributed by atoms with Gasteiger partial charge in [0.15, 0.2) is 0 Å². The van der Waals surface area contributed by atoms with Crippen LogP contribution in [0.4, 0.5) is 28.8 Å². The highest BCUT2D eigenvalue weighted by atomic mass is 79.9. The molecule has 0 aliphatic carbocycles. The summed E-state index contributed by atoms with van der Waals surface area (Å²) in [6.45, 7) is 2.62. The fourth-order valence-corrected chi connectivity index (χ4v) is 3.64. The lowest BCUT2D eigenvalue weighted by molar-refractivity contribution is -0.383. The topological polar surface area (TPSA) is 110 Å². The highest BCUT2D eigenvalue weighted by Crippen LogP contribution is 2.34. The van der Waals surface area contributed by atoms with Crippen LogP contribution in [0.25, 0.3) is 0 Å². The minimum Gasteiger partial charge on any atom is -0.497 e. The summed E-state index contributed by atoms with van der Waals surface area (Å²) in [7, 11) is 1.64. The highest BCUT2D eigenvalue weighted by molar-refractivity contribution is 9.10. The molecule has 1 fully saturated rings. The zero-order valence-corrected chi connectivity index (χ0v) is 18.3. The number of piperazine rings is 1. The normalized spacial score (nSPS) is 13.7. The Balaban J connectivity index is 1.52. The molecule has 4 rings (SSSR count). The number of nitrogens with one attached hydrogen (secondary N) is 1. The molecule has 11 heteroatoms. The van der Waals surface area contributed by atoms with Crippen LogP contribution in [-0.2, 0) is 0 Å². The van der Waals surface area contributed by atoms with Gasteiger partial charge < -0.3 is 19.9 Å². The number of methoxy groups -OCH3 is 1. The number of anilines is 4. The second-order valence-electron chi connectivity index (χ2n) is 6.81. The number of halogens is 1. The van der Waals surface area contributed by atoms with Gasteiger partial charge in [0.25, 0.3) is 0 Å². The third kappa shape index (κ3) is 4.66. The maximum absolute atomic E-state index is 11.9. The predicted octanol–water partition coefficient (Wildman–Crippen LogP) is 3.62. The second kappa shape index (κ2) is 9.13. The maximum Gasteiger partial charge on any atom is 0.353 e. The fraction of sp³-hybridized carbons (Fsp3) is 0.250. The molecule has 1 aliphatic heterocycles. The van der Waals surface area contributed by atoms with Crippen molar-refractivity contribution in [3.8, 4) is 5.75 Å². The molecule has 0 amide bonds. The number of aromatic nitrogens is 3. The molecule has 0 atom stereocenters. The van der Waals surface area contributed by atoms with Gasteiger partial charge in [0.2, 0.25) is 11.6 Å². The van der Waals surface area contributed by atoms with Gasteiger partial charge in [0.05, 0.1) is 12.0 Å². The minimum atomic E-state index is -0.452. The van der Waals surface area contributed by atoms with Crippen LogP contribution in [0.15, 0.2) is 53.4 Å². The molecule has 0 spiro atoms. The van der Waals surface area contributed by atoms with E-state index in [0.29, 0.717) is 37.8 Å². The molecule has 0 radical (unpaired) electrons. The summed E-state index contributed by atoms with van der Waals surface area (Å²) in [6.07, 6.45) is 2.94. The van der Waals surface area contributed by atoms with E-state index in [2.05, 4.69) is 41.1 Å². The summed E-state index contributed by atoms with van der Waals surface area (Å²) in [5, 5.41) is 14.8. The third-order valence-electron chi connectivity index (χ3n) is 4.98. The first-order chi connectivity index (χ1) is 15.0. The van der Waals surface area contributed by atoms with Crippen molar-refractivity contribution in [2.24, 2.45) is 0 Å². The van der Waals surface area contributed by atoms with E-state index in [1.54, 1.807) is 25.4 Å². The van der Waals surface area contributed by atoms with Gasteiger partial charge in [-0.05, 0) is 52.3 Å². The van der Waals surface area contributed by atoms with Crippen LogP contribution in [0.5, 0.6) is 5.75 Å². The first-order valence-corrected chi connectivity index (χ1v) is 10.4. The summed E-state index contributed by atoms with van der Waals surface area (Å²) in [6, 6.07) is 11.4. The first-order valence-electron chi connectivity index (χ1n) is 9.57. The van der Waals surface area contributed by atoms with E-state index in [-0.39, 0.29) is 11.5 Å². The van der Waals surface area contributed by atoms with E-state index in [1.807, 2.05) is 29.2 Å². The number of nitro groups is 1. The highest BCUT2D eigenvalue weighted by Gasteiger charge is 2.29. The Morgan fingerprint density at radius 2 is 1.74 bits per heavy atom. The Morgan fingerprint density at radius 1 is 1.03 bits per heavy atom. The number of nitrogens with zero attached hydrogens (tertiary/aromatic N) is 6. The number of hydrogen-bond donors (Lipinski definition) is 1. The molecule has 2 aromatic heterocycles. The van der Waals surface area contributed by atoms with Gasteiger partial charge >= 0.3 is 5.69 Å². The van der Waals surface area contributed by atoms with Gasteiger partial charge in [-0.2, -0.15) is 0 Å². The van der Waals surface area contributed by atoms with E-state index in [0.717, 1.165) is 15.9 Å². The largest absolute Gasteiger partial charge is 0.497 e. The SMILES string of the molecule is COc1ccc(N2CCN(c3ncnc(Nc4ccc(Br)cn4)c3[N+](=O)[O-])CC2)cc1. The molecule has 3 heterocycles. The lowest BCUT2D eigenvalue weighted by Gasteiger charge is -2.36. The van der Waals surface area contributed by atoms with Crippen molar-refractivity contribution in [1.29, 1.82) is 0 Å². The molecule has 3 aromatic rings. The smallest absolute Gasteiger partial charge is 0.353 e. The Morgan fingerprint density at radius 3 is 2.35 bits per heavy atom. The minimum absolute atomic E-state index is 0.113. The number of hydrogen-bond acceptors (Lipinski definition) is 9. The predicted molar refractivity (Wildman–Crippen MR) is 121 cm³/mol. The van der Waals surface area contributed by atoms with Crippen molar-refractivity contribution >= 4 is 44.8 Å². The second-order valence-corrected chi connectivity index (χ2v) is 7.73. The van der Waals surface area contributed by atoms with Crippen molar-refractivity contribution in [3.05, 3.63) is 63.5 Å². The molecule has 1 aliphatic rings. The van der Waals surface area contributed by atoms with Crippen LogP contribution >= 0.6 is 15.9 Å². The van der Waals surface area contributed by atoms with Gasteiger partial charge in [-0.3, -0.25) is 10.1 Å². The molecule has 0 unspecified atom stereocenters. The molecule has 1 N–H and O–H groups in total. The molecular formula is C20H20BrN7O3. The van der Waals surface area contributed by atoms with Gasteiger partial charge in [-0.15, -0.1) is 0 Å². The van der Waals surface area contributed by atoms with Crippen LogP contribution in [-0.4, -0.2) is 53.2 Å². The van der Waals surface area contributed by atoms with Crippen LogP contribution in [0.1, 0.15) is 0 Å². The van der Waals surface area contributed by atoms with E-state index in [4.69, 9.17) is 4.74 Å². The molecular weight excluding hydrogens is 466 g/mol. The molecule has 160 valence electrons. The standard InChI is InChI=1S/C20H20BrN7O3/c1-31-16-5-3-15(4-6-16)26-8-10-27(11-9-26)20-18(28(29)30)19(23-13-24-20)25-17-7-2-14(21)12-22-17/h2-7,12-13H,8-11H2,1H3,(H,22,23,24,25). The summed E-state index contributed by atoms with van der Waals surface area (Å²) in [5.74, 6) is 1.68. The van der Waals surface area contributed by atoms with E-state index >= 15 is 0 Å². The molecule has 10 nitrogen and oxygen atoms in total. The Kier molecular flexibility index (Phi) is 6.12. The Bertz CT molecular complexity index is 1060. The van der Waals surface area contributed by atoms with E-state index in [1.165, 1.54) is 6.33 Å². The molecule has 1 aromatic carbocycles. The van der Waals surface area contributed by atoms with Crippen LogP contribution in [0.2, 0.25) is 0 Å². The Hall–Kier alpha value is -3.47. The van der Waals surface area contributed by atoms with Crippen molar-refractivity contribution < 1.29 is 9.66 Å². The third-order valence-corrected chi connectivity index (χ3v) is 5.45. The molecule has 0 bridgehead atoms. The van der Waals surface area contributed by atoms with E-state index < -0.39 is 4.92 Å². The van der Waals surface area contributed by atoms with E-state index in [9.17, 15) is 10.1 Å². The number of rotatable bonds is 6. The lowest BCUT2D eigenvalue weighted by Crippen LogP contribution is -2.47. The number of ether oxygens (including phenoxy) is 1. The van der Waals surface area contributed by atoms with Gasteiger partial charge in [0.1, 0.15) is 17.9 Å². The lowest BCUT2D eigenvalue weighted by atomic mass is 10.2. The fourth-order valence-electron chi connectivity index (χ4n) is 3.40. The van der Waals surface area contributed by atoms with Crippen molar-refractivity contribution in [2.75, 3.05) is 48.4 Å². The van der Waals surface area contributed by atoms with Gasteiger partial charge in [-0.25, -0.2) is 15.0 Å². The monoisotopic (exact) mass is 485 g/mol. The van der Waals surface area contributed by atoms with Crippen LogP contribution < -0.4 is 19.9 Å². The van der Waals surface area contributed by atoms with Crippen molar-refractivity contribution in [2.45, 2.75) is 0 Å².